The summed E-state index contributed by atoms with van der Waals surface area (Å²) in [5.41, 5.74) is 1.29. The van der Waals surface area contributed by atoms with Crippen LogP contribution in [-0.4, -0.2) is 16.9 Å². The van der Waals surface area contributed by atoms with Gasteiger partial charge in [0, 0.05) is 7.05 Å². The monoisotopic (exact) mass is 193 g/mol. The number of fused-ring (bicyclic) bond motifs is 1. The van der Waals surface area contributed by atoms with Gasteiger partial charge < -0.3 is 10.1 Å². The number of aryl methyl sites for hydroxylation is 1. The van der Waals surface area contributed by atoms with E-state index in [1.807, 2.05) is 6.08 Å². The molecule has 0 amide bonds. The summed E-state index contributed by atoms with van der Waals surface area (Å²) in [6, 6.07) is 0. The Balaban J connectivity index is 2.70. The lowest BCUT2D eigenvalue weighted by Crippen LogP contribution is -2.26. The van der Waals surface area contributed by atoms with E-state index in [-0.39, 0.29) is 5.56 Å². The second kappa shape index (κ2) is 3.17. The van der Waals surface area contributed by atoms with E-state index in [2.05, 4.69) is 10.4 Å². The fraction of sp³-hybridized carbons (Fsp3) is 0.333. The number of nitrogens with one attached hydrogen (secondary N) is 1. The Hall–Kier alpha value is -1.78. The molecule has 0 radical (unpaired) electrons. The van der Waals surface area contributed by atoms with E-state index in [1.165, 1.54) is 11.8 Å². The quantitative estimate of drug-likeness (QED) is 0.695. The molecule has 1 aliphatic heterocycles. The molecule has 0 saturated heterocycles. The lowest BCUT2D eigenvalue weighted by Gasteiger charge is -2.15. The summed E-state index contributed by atoms with van der Waals surface area (Å²) in [4.78, 5) is 11.7. The Morgan fingerprint density at radius 2 is 2.43 bits per heavy atom. The highest BCUT2D eigenvalue weighted by Gasteiger charge is 2.16. The molecule has 2 heterocycles. The minimum atomic E-state index is -0.0855. The standard InChI is InChI=1S/C9H11N3O2/c1-12-9(13)6-4-3-5-10-7(6)8(11-12)14-2/h3,5,10H,4H2,1-2H3. The SMILES string of the molecule is COc1nn(C)c(=O)c2c1NC=CC2. The topological polar surface area (TPSA) is 56.2 Å². The molecule has 0 atom stereocenters. The molecule has 0 aliphatic carbocycles. The van der Waals surface area contributed by atoms with E-state index in [1.54, 1.807) is 13.2 Å². The number of anilines is 1. The van der Waals surface area contributed by atoms with Crippen molar-refractivity contribution in [2.75, 3.05) is 12.4 Å². The van der Waals surface area contributed by atoms with Crippen molar-refractivity contribution in [3.8, 4) is 5.88 Å². The van der Waals surface area contributed by atoms with Crippen molar-refractivity contribution in [1.29, 1.82) is 0 Å². The molecule has 0 unspecified atom stereocenters. The maximum atomic E-state index is 11.7. The Morgan fingerprint density at radius 3 is 3.14 bits per heavy atom. The number of hydrogen-bond acceptors (Lipinski definition) is 4. The van der Waals surface area contributed by atoms with Crippen LogP contribution in [0.1, 0.15) is 5.56 Å². The number of hydrogen-bond donors (Lipinski definition) is 1. The Bertz CT molecular complexity index is 448. The first-order chi connectivity index (χ1) is 6.74. The first-order valence-electron chi connectivity index (χ1n) is 4.29. The summed E-state index contributed by atoms with van der Waals surface area (Å²) >= 11 is 0. The number of aromatic nitrogens is 2. The molecular weight excluding hydrogens is 182 g/mol. The molecule has 5 heteroatoms. The van der Waals surface area contributed by atoms with E-state index in [0.29, 0.717) is 23.6 Å². The van der Waals surface area contributed by atoms with Crippen LogP contribution in [0.4, 0.5) is 5.69 Å². The molecule has 1 aromatic rings. The van der Waals surface area contributed by atoms with Crippen molar-refractivity contribution in [1.82, 2.24) is 9.78 Å². The van der Waals surface area contributed by atoms with Crippen LogP contribution >= 0.6 is 0 Å². The number of allylic oxidation sites excluding steroid dienone is 1. The fourth-order valence-corrected chi connectivity index (χ4v) is 1.46. The van der Waals surface area contributed by atoms with E-state index >= 15 is 0 Å². The Labute approximate surface area is 81.0 Å². The smallest absolute Gasteiger partial charge is 0.272 e. The fourth-order valence-electron chi connectivity index (χ4n) is 1.46. The largest absolute Gasteiger partial charge is 0.478 e. The highest BCUT2D eigenvalue weighted by Crippen LogP contribution is 2.25. The third-order valence-electron chi connectivity index (χ3n) is 2.17. The van der Waals surface area contributed by atoms with Gasteiger partial charge in [0.1, 0.15) is 5.69 Å². The molecule has 5 nitrogen and oxygen atoms in total. The van der Waals surface area contributed by atoms with Gasteiger partial charge in [-0.15, -0.1) is 5.10 Å². The van der Waals surface area contributed by atoms with Crippen LogP contribution in [0, 0.1) is 0 Å². The van der Waals surface area contributed by atoms with Gasteiger partial charge in [0.15, 0.2) is 0 Å². The normalized spacial score (nSPS) is 13.3. The summed E-state index contributed by atoms with van der Waals surface area (Å²) in [6.07, 6.45) is 4.29. The molecule has 14 heavy (non-hydrogen) atoms. The van der Waals surface area contributed by atoms with E-state index in [4.69, 9.17) is 4.74 Å². The van der Waals surface area contributed by atoms with Gasteiger partial charge in [0.2, 0.25) is 0 Å². The Morgan fingerprint density at radius 1 is 1.64 bits per heavy atom. The summed E-state index contributed by atoms with van der Waals surface area (Å²) in [5, 5.41) is 6.96. The number of rotatable bonds is 1. The predicted molar refractivity (Wildman–Crippen MR) is 52.5 cm³/mol. The molecule has 0 aromatic carbocycles. The molecular formula is C9H11N3O2. The maximum absolute atomic E-state index is 11.7. The zero-order valence-corrected chi connectivity index (χ0v) is 8.07. The van der Waals surface area contributed by atoms with Crippen molar-refractivity contribution in [3.05, 3.63) is 28.2 Å². The van der Waals surface area contributed by atoms with Crippen molar-refractivity contribution in [2.45, 2.75) is 6.42 Å². The maximum Gasteiger partial charge on any atom is 0.272 e. The molecule has 1 aliphatic rings. The van der Waals surface area contributed by atoms with E-state index in [9.17, 15) is 4.79 Å². The van der Waals surface area contributed by atoms with Crippen LogP contribution in [-0.2, 0) is 13.5 Å². The molecule has 0 saturated carbocycles. The van der Waals surface area contributed by atoms with Gasteiger partial charge in [-0.05, 0) is 12.6 Å². The number of ether oxygens (including phenoxy) is 1. The van der Waals surface area contributed by atoms with Gasteiger partial charge in [-0.25, -0.2) is 4.68 Å². The lowest BCUT2D eigenvalue weighted by atomic mass is 10.1. The van der Waals surface area contributed by atoms with E-state index in [0.717, 1.165) is 0 Å². The highest BCUT2D eigenvalue weighted by molar-refractivity contribution is 5.61. The van der Waals surface area contributed by atoms with E-state index < -0.39 is 0 Å². The average molecular weight is 193 g/mol. The van der Waals surface area contributed by atoms with Crippen molar-refractivity contribution < 1.29 is 4.74 Å². The second-order valence-corrected chi connectivity index (χ2v) is 3.04. The van der Waals surface area contributed by atoms with Crippen molar-refractivity contribution in [2.24, 2.45) is 7.05 Å². The summed E-state index contributed by atoms with van der Waals surface area (Å²) < 4.78 is 6.37. The van der Waals surface area contributed by atoms with Crippen LogP contribution in [0.2, 0.25) is 0 Å². The third-order valence-corrected chi connectivity index (χ3v) is 2.17. The van der Waals surface area contributed by atoms with Gasteiger partial charge in [0.25, 0.3) is 11.4 Å². The minimum absolute atomic E-state index is 0.0855. The van der Waals surface area contributed by atoms with Crippen LogP contribution in [0.25, 0.3) is 0 Å². The highest BCUT2D eigenvalue weighted by atomic mass is 16.5. The average Bonchev–Trinajstić information content (AvgIpc) is 2.23. The molecule has 0 fully saturated rings. The summed E-state index contributed by atoms with van der Waals surface area (Å²) in [5.74, 6) is 0.450. The minimum Gasteiger partial charge on any atom is -0.478 e. The van der Waals surface area contributed by atoms with Gasteiger partial charge >= 0.3 is 0 Å². The predicted octanol–water partition coefficient (Wildman–Crippen LogP) is 0.271. The number of nitrogens with zero attached hydrogens (tertiary/aromatic N) is 2. The summed E-state index contributed by atoms with van der Waals surface area (Å²) in [6.45, 7) is 0. The van der Waals surface area contributed by atoms with Crippen LogP contribution in [0.3, 0.4) is 0 Å². The third kappa shape index (κ3) is 1.17. The molecule has 0 spiro atoms. The Kier molecular flexibility index (Phi) is 1.99. The zero-order chi connectivity index (χ0) is 10.1. The van der Waals surface area contributed by atoms with Gasteiger partial charge in [-0.1, -0.05) is 6.08 Å². The van der Waals surface area contributed by atoms with Gasteiger partial charge in [-0.2, -0.15) is 0 Å². The first-order valence-corrected chi connectivity index (χ1v) is 4.29. The van der Waals surface area contributed by atoms with Gasteiger partial charge in [-0.3, -0.25) is 4.79 Å². The lowest BCUT2D eigenvalue weighted by molar-refractivity contribution is 0.383. The first kappa shape index (κ1) is 8.80. The van der Waals surface area contributed by atoms with Gasteiger partial charge in [0.05, 0.1) is 12.7 Å². The molecule has 74 valence electrons. The zero-order valence-electron chi connectivity index (χ0n) is 8.07. The van der Waals surface area contributed by atoms with Crippen LogP contribution in [0.15, 0.2) is 17.1 Å². The van der Waals surface area contributed by atoms with Crippen molar-refractivity contribution in [3.63, 3.8) is 0 Å². The van der Waals surface area contributed by atoms with Crippen LogP contribution < -0.4 is 15.6 Å². The molecule has 1 N–H and O–H groups in total. The second-order valence-electron chi connectivity index (χ2n) is 3.04. The molecule has 2 rings (SSSR count). The number of methoxy groups -OCH3 is 1. The molecule has 0 bridgehead atoms. The van der Waals surface area contributed by atoms with Crippen molar-refractivity contribution >= 4 is 5.69 Å². The summed E-state index contributed by atoms with van der Waals surface area (Å²) in [7, 11) is 3.15. The van der Waals surface area contributed by atoms with Crippen LogP contribution in [0.5, 0.6) is 5.88 Å². The molecule has 1 aromatic heterocycles.